The minimum absolute atomic E-state index is 0.0175. The molecule has 11 heteroatoms. The van der Waals surface area contributed by atoms with Gasteiger partial charge in [0.15, 0.2) is 6.61 Å². The van der Waals surface area contributed by atoms with Crippen LogP contribution in [0, 0.1) is 36.5 Å². The number of thioether (sulfide) groups is 1. The molecule has 234 valence electrons. The molecule has 3 aromatic carbocycles. The molecule has 2 aliphatic heterocycles. The molecule has 2 aliphatic carbocycles. The molecule has 4 aromatic rings. The highest BCUT2D eigenvalue weighted by Gasteiger charge is 2.69. The number of aryl methyl sites for hydroxylation is 1. The van der Waals surface area contributed by atoms with E-state index in [1.807, 2.05) is 55.5 Å². The molecule has 7 atom stereocenters. The number of imide groups is 1. The fraction of sp³-hybridized carbons (Fsp3) is 0.314. The van der Waals surface area contributed by atoms with Gasteiger partial charge < -0.3 is 19.8 Å². The van der Waals surface area contributed by atoms with E-state index in [1.165, 1.54) is 16.2 Å². The van der Waals surface area contributed by atoms with Gasteiger partial charge in [-0.1, -0.05) is 41.2 Å². The van der Waals surface area contributed by atoms with Crippen LogP contribution < -0.4 is 24.6 Å². The Morgan fingerprint density at radius 1 is 0.913 bits per heavy atom. The van der Waals surface area contributed by atoms with Gasteiger partial charge in [0.05, 0.1) is 29.7 Å². The number of H-pyrrole nitrogens is 1. The Labute approximate surface area is 273 Å². The summed E-state index contributed by atoms with van der Waals surface area (Å²) in [5, 5.41) is 3.80. The van der Waals surface area contributed by atoms with E-state index in [9.17, 15) is 19.2 Å². The summed E-state index contributed by atoms with van der Waals surface area (Å²) in [4.78, 5) is 58.2. The van der Waals surface area contributed by atoms with Crippen molar-refractivity contribution >= 4 is 52.2 Å². The van der Waals surface area contributed by atoms with Crippen molar-refractivity contribution in [3.05, 3.63) is 98.5 Å². The van der Waals surface area contributed by atoms with Crippen molar-refractivity contribution in [3.8, 4) is 11.5 Å². The minimum atomic E-state index is -0.379. The Bertz CT molecular complexity index is 1900. The first-order chi connectivity index (χ1) is 22.3. The summed E-state index contributed by atoms with van der Waals surface area (Å²) in [6, 6.07) is 22.3. The molecule has 9 nitrogen and oxygen atoms in total. The van der Waals surface area contributed by atoms with Gasteiger partial charge in [-0.15, -0.1) is 11.8 Å². The standard InChI is InChI=1S/C35H31N3O6S2/c1-17-3-7-19(8-4-17)36-25(39)16-44-22-11-5-18(6-12-22)26-27-23-15-24(30(27)45-32-31(26)46-35(42)37-32)29-28(23)33(40)38(34(29)41)20-9-13-21(43-2)14-10-20/h3-14,23-24,26-30H,15-16H2,1-2H3,(H,36,39)(H,37,42)/t23-,24-,26+,27-,28+,29+,30-/m1/s1. The second-order valence-electron chi connectivity index (χ2n) is 12.4. The summed E-state index contributed by atoms with van der Waals surface area (Å²) in [6.45, 7) is 1.86. The molecular weight excluding hydrogens is 623 g/mol. The number of benzene rings is 3. The Kier molecular flexibility index (Phi) is 7.06. The summed E-state index contributed by atoms with van der Waals surface area (Å²) in [5.74, 6) is 0.0325. The topological polar surface area (TPSA) is 118 Å². The number of aromatic nitrogens is 1. The Morgan fingerprint density at radius 2 is 1.59 bits per heavy atom. The van der Waals surface area contributed by atoms with Gasteiger partial charge in [-0.05, 0) is 85.2 Å². The van der Waals surface area contributed by atoms with E-state index in [0.29, 0.717) is 22.9 Å². The Hall–Kier alpha value is -4.35. The van der Waals surface area contributed by atoms with E-state index in [0.717, 1.165) is 27.5 Å². The number of hydrogen-bond donors (Lipinski definition) is 2. The smallest absolute Gasteiger partial charge is 0.305 e. The van der Waals surface area contributed by atoms with Gasteiger partial charge in [0.1, 0.15) is 11.5 Å². The number of hydrogen-bond acceptors (Lipinski definition) is 8. The number of anilines is 2. The molecule has 0 radical (unpaired) electrons. The van der Waals surface area contributed by atoms with Crippen molar-refractivity contribution < 1.29 is 23.9 Å². The monoisotopic (exact) mass is 653 g/mol. The van der Waals surface area contributed by atoms with E-state index in [1.54, 1.807) is 43.1 Å². The Balaban J connectivity index is 1.05. The zero-order valence-electron chi connectivity index (χ0n) is 25.1. The van der Waals surface area contributed by atoms with Gasteiger partial charge in [0, 0.05) is 21.7 Å². The second kappa shape index (κ2) is 11.2. The first-order valence-corrected chi connectivity index (χ1v) is 17.0. The Morgan fingerprint density at radius 3 is 2.28 bits per heavy atom. The molecule has 8 rings (SSSR count). The third kappa shape index (κ3) is 4.67. The summed E-state index contributed by atoms with van der Waals surface area (Å²) >= 11 is 2.89. The van der Waals surface area contributed by atoms with Gasteiger partial charge in [0.2, 0.25) is 11.8 Å². The largest absolute Gasteiger partial charge is 0.497 e. The van der Waals surface area contributed by atoms with E-state index in [4.69, 9.17) is 9.47 Å². The van der Waals surface area contributed by atoms with E-state index >= 15 is 0 Å². The van der Waals surface area contributed by atoms with Gasteiger partial charge >= 0.3 is 4.87 Å². The number of nitrogens with one attached hydrogen (secondary N) is 2. The van der Waals surface area contributed by atoms with Crippen LogP contribution in [0.25, 0.3) is 0 Å². The van der Waals surface area contributed by atoms with Crippen LogP contribution in [0.5, 0.6) is 11.5 Å². The number of methoxy groups -OCH3 is 1. The number of thiazole rings is 1. The van der Waals surface area contributed by atoms with Gasteiger partial charge in [-0.2, -0.15) is 0 Å². The normalized spacial score (nSPS) is 27.3. The predicted octanol–water partition coefficient (Wildman–Crippen LogP) is 5.45. The van der Waals surface area contributed by atoms with Crippen molar-refractivity contribution in [1.82, 2.24) is 4.98 Å². The molecule has 1 aromatic heterocycles. The maximum atomic E-state index is 14.0. The average Bonchev–Trinajstić information content (AvgIpc) is 3.80. The second-order valence-corrected chi connectivity index (χ2v) is 14.6. The summed E-state index contributed by atoms with van der Waals surface area (Å²) in [7, 11) is 1.58. The first-order valence-electron chi connectivity index (χ1n) is 15.3. The fourth-order valence-electron chi connectivity index (χ4n) is 8.13. The van der Waals surface area contributed by atoms with Crippen LogP contribution in [-0.4, -0.2) is 41.7 Å². The number of ether oxygens (including phenoxy) is 2. The van der Waals surface area contributed by atoms with Crippen LogP contribution in [-0.2, 0) is 14.4 Å². The number of fused-ring (bicyclic) bond motifs is 9. The third-order valence-electron chi connectivity index (χ3n) is 10.00. The summed E-state index contributed by atoms with van der Waals surface area (Å²) < 4.78 is 11.1. The molecule has 0 spiro atoms. The van der Waals surface area contributed by atoms with Crippen LogP contribution in [0.1, 0.15) is 28.3 Å². The molecule has 46 heavy (non-hydrogen) atoms. The lowest BCUT2D eigenvalue weighted by atomic mass is 9.68. The maximum Gasteiger partial charge on any atom is 0.305 e. The third-order valence-corrected chi connectivity index (χ3v) is 12.6. The number of carbonyl (C=O) groups is 3. The summed E-state index contributed by atoms with van der Waals surface area (Å²) in [6.07, 6.45) is 0.818. The number of rotatable bonds is 7. The molecule has 3 amide bonds. The maximum absolute atomic E-state index is 14.0. The highest BCUT2D eigenvalue weighted by molar-refractivity contribution is 8.00. The molecule has 3 heterocycles. The molecule has 2 N–H and O–H groups in total. The van der Waals surface area contributed by atoms with E-state index < -0.39 is 0 Å². The summed E-state index contributed by atoms with van der Waals surface area (Å²) in [5.41, 5.74) is 3.42. The van der Waals surface area contributed by atoms with Gasteiger partial charge in [-0.3, -0.25) is 24.1 Å². The molecular formula is C35H31N3O6S2. The van der Waals surface area contributed by atoms with Crippen molar-refractivity contribution in [2.75, 3.05) is 23.9 Å². The zero-order valence-corrected chi connectivity index (χ0v) is 26.7. The lowest BCUT2D eigenvalue weighted by Gasteiger charge is -2.43. The van der Waals surface area contributed by atoms with Crippen LogP contribution in [0.4, 0.5) is 11.4 Å². The molecule has 4 aliphatic rings. The number of aromatic amines is 1. The van der Waals surface area contributed by atoms with Crippen molar-refractivity contribution in [2.45, 2.75) is 29.5 Å². The zero-order chi connectivity index (χ0) is 31.7. The molecule has 1 saturated heterocycles. The molecule has 0 unspecified atom stereocenters. The van der Waals surface area contributed by atoms with Crippen molar-refractivity contribution in [3.63, 3.8) is 0 Å². The number of nitrogens with zero attached hydrogens (tertiary/aromatic N) is 1. The molecule has 2 bridgehead atoms. The van der Waals surface area contributed by atoms with E-state index in [-0.39, 0.29) is 70.0 Å². The van der Waals surface area contributed by atoms with E-state index in [2.05, 4.69) is 10.3 Å². The first kappa shape index (κ1) is 29.1. The van der Waals surface area contributed by atoms with Gasteiger partial charge in [0.25, 0.3) is 5.91 Å². The van der Waals surface area contributed by atoms with Crippen LogP contribution in [0.2, 0.25) is 0 Å². The predicted molar refractivity (Wildman–Crippen MR) is 176 cm³/mol. The van der Waals surface area contributed by atoms with Crippen LogP contribution in [0.3, 0.4) is 0 Å². The molecule has 2 saturated carbocycles. The highest BCUT2D eigenvalue weighted by Crippen LogP contribution is 2.68. The van der Waals surface area contributed by atoms with Crippen LogP contribution in [0.15, 0.2) is 82.6 Å². The lowest BCUT2D eigenvalue weighted by Crippen LogP contribution is -2.42. The van der Waals surface area contributed by atoms with Crippen molar-refractivity contribution in [1.29, 1.82) is 0 Å². The highest BCUT2D eigenvalue weighted by atomic mass is 32.2. The number of carbonyl (C=O) groups excluding carboxylic acids is 3. The van der Waals surface area contributed by atoms with Crippen molar-refractivity contribution in [2.24, 2.45) is 29.6 Å². The van der Waals surface area contributed by atoms with Crippen LogP contribution >= 0.6 is 23.1 Å². The van der Waals surface area contributed by atoms with Gasteiger partial charge in [-0.25, -0.2) is 0 Å². The SMILES string of the molecule is COc1ccc(N2C(=O)[C@H]3[C@H]4C[C@@H]([C@@H]3C2=O)[C@@H]2[C@H](c3ccc(OCC(=O)Nc5ccc(C)cc5)cc3)c3sc(=O)[nH]c3S[C@H]42)cc1. The fourth-order valence-corrected chi connectivity index (χ4v) is 11.0. The minimum Gasteiger partial charge on any atom is -0.497 e. The lowest BCUT2D eigenvalue weighted by molar-refractivity contribution is -0.123. The number of amides is 3. The molecule has 3 fully saturated rings. The quantitative estimate of drug-likeness (QED) is 0.255. The average molecular weight is 654 g/mol.